The average Bonchev–Trinajstić information content (AvgIpc) is 3.07. The van der Waals surface area contributed by atoms with Crippen molar-refractivity contribution in [2.75, 3.05) is 21.3 Å². The summed E-state index contributed by atoms with van der Waals surface area (Å²) < 4.78 is 15.4. The summed E-state index contributed by atoms with van der Waals surface area (Å²) in [4.78, 5) is 25.2. The summed E-state index contributed by atoms with van der Waals surface area (Å²) in [7, 11) is 4.31. The fourth-order valence-electron chi connectivity index (χ4n) is 3.18. The molecule has 120 valence electrons. The van der Waals surface area contributed by atoms with E-state index in [1.807, 2.05) is 0 Å². The maximum Gasteiger partial charge on any atom is 0.316 e. The quantitative estimate of drug-likeness (QED) is 0.459. The second-order valence-electron chi connectivity index (χ2n) is 5.45. The van der Waals surface area contributed by atoms with Gasteiger partial charge in [0.15, 0.2) is 5.78 Å². The van der Waals surface area contributed by atoms with Crippen LogP contribution in [0.4, 0.5) is 0 Å². The summed E-state index contributed by atoms with van der Waals surface area (Å²) in [5.74, 6) is -0.710. The monoisotopic (exact) mass is 306 g/mol. The Bertz CT molecular complexity index is 524. The Morgan fingerprint density at radius 2 is 1.59 bits per heavy atom. The summed E-state index contributed by atoms with van der Waals surface area (Å²) in [6, 6.07) is 5.13. The van der Waals surface area contributed by atoms with Gasteiger partial charge in [-0.2, -0.15) is 0 Å². The van der Waals surface area contributed by atoms with Crippen LogP contribution >= 0.6 is 0 Å². The molecule has 1 aliphatic rings. The first kappa shape index (κ1) is 16.3. The van der Waals surface area contributed by atoms with Crippen LogP contribution in [0, 0.1) is 11.8 Å². The number of carbonyl (C=O) groups excluding carboxylic acids is 2. The highest BCUT2D eigenvalue weighted by Gasteiger charge is 2.39. The molecule has 0 amide bonds. The molecule has 2 rings (SSSR count). The molecule has 5 nitrogen and oxygen atoms in total. The average molecular weight is 306 g/mol. The van der Waals surface area contributed by atoms with E-state index in [1.54, 1.807) is 18.2 Å². The third-order valence-corrected chi connectivity index (χ3v) is 4.28. The lowest BCUT2D eigenvalue weighted by atomic mass is 9.84. The van der Waals surface area contributed by atoms with Gasteiger partial charge in [0.2, 0.25) is 0 Å². The minimum absolute atomic E-state index is 0.0227. The van der Waals surface area contributed by atoms with Gasteiger partial charge in [0.25, 0.3) is 0 Å². The van der Waals surface area contributed by atoms with Crippen LogP contribution in [0.15, 0.2) is 18.2 Å². The molecule has 0 radical (unpaired) electrons. The predicted molar refractivity (Wildman–Crippen MR) is 81.3 cm³/mol. The van der Waals surface area contributed by atoms with E-state index in [2.05, 4.69) is 0 Å². The molecule has 1 saturated carbocycles. The Morgan fingerprint density at radius 1 is 1.05 bits per heavy atom. The molecule has 1 aliphatic carbocycles. The standard InChI is InChI=1S/C17H22O5/c1-20-12-9-6-10-13(21-2)15(12)16(18)14(17(19)22-3)11-7-4-5-8-11/h6,9-11,14H,4-5,7-8H2,1-3H3. The molecule has 1 atom stereocenters. The molecule has 0 aliphatic heterocycles. The Hall–Kier alpha value is -2.04. The van der Waals surface area contributed by atoms with Crippen molar-refractivity contribution in [3.63, 3.8) is 0 Å². The van der Waals surface area contributed by atoms with Crippen molar-refractivity contribution in [1.29, 1.82) is 0 Å². The van der Waals surface area contributed by atoms with E-state index in [1.165, 1.54) is 21.3 Å². The highest BCUT2D eigenvalue weighted by molar-refractivity contribution is 6.11. The number of rotatable bonds is 6. The summed E-state index contributed by atoms with van der Waals surface area (Å²) >= 11 is 0. The number of Topliss-reactive ketones (excluding diaryl/α,β-unsaturated/α-hetero) is 1. The lowest BCUT2D eigenvalue weighted by molar-refractivity contribution is -0.145. The van der Waals surface area contributed by atoms with E-state index in [4.69, 9.17) is 14.2 Å². The number of esters is 1. The maximum absolute atomic E-state index is 13.0. The molecule has 1 aromatic rings. The molecular weight excluding hydrogens is 284 g/mol. The first-order valence-electron chi connectivity index (χ1n) is 7.47. The van der Waals surface area contributed by atoms with Crippen molar-refractivity contribution in [3.8, 4) is 11.5 Å². The predicted octanol–water partition coefficient (Wildman–Crippen LogP) is 2.87. The molecule has 5 heteroatoms. The third kappa shape index (κ3) is 3.08. The minimum Gasteiger partial charge on any atom is -0.496 e. The van der Waals surface area contributed by atoms with Gasteiger partial charge in [-0.25, -0.2) is 0 Å². The van der Waals surface area contributed by atoms with Crippen LogP contribution in [0.25, 0.3) is 0 Å². The zero-order chi connectivity index (χ0) is 16.1. The molecule has 22 heavy (non-hydrogen) atoms. The summed E-state index contributed by atoms with van der Waals surface area (Å²) in [6.07, 6.45) is 3.80. The van der Waals surface area contributed by atoms with E-state index in [0.717, 1.165) is 25.7 Å². The SMILES string of the molecule is COC(=O)C(C(=O)c1c(OC)cccc1OC)C1CCCC1. The van der Waals surface area contributed by atoms with Crippen molar-refractivity contribution in [2.24, 2.45) is 11.8 Å². The van der Waals surface area contributed by atoms with Gasteiger partial charge in [0.05, 0.1) is 21.3 Å². The van der Waals surface area contributed by atoms with Crippen LogP contribution in [0.5, 0.6) is 11.5 Å². The second-order valence-corrected chi connectivity index (χ2v) is 5.45. The normalized spacial score (nSPS) is 16.1. The van der Waals surface area contributed by atoms with Gasteiger partial charge in [-0.15, -0.1) is 0 Å². The van der Waals surface area contributed by atoms with Crippen LogP contribution in [0.2, 0.25) is 0 Å². The number of carbonyl (C=O) groups is 2. The number of ether oxygens (including phenoxy) is 3. The lowest BCUT2D eigenvalue weighted by Gasteiger charge is -2.21. The van der Waals surface area contributed by atoms with Crippen LogP contribution in [-0.4, -0.2) is 33.1 Å². The lowest BCUT2D eigenvalue weighted by Crippen LogP contribution is -2.32. The molecule has 0 N–H and O–H groups in total. The van der Waals surface area contributed by atoms with Crippen molar-refractivity contribution in [2.45, 2.75) is 25.7 Å². The van der Waals surface area contributed by atoms with Crippen LogP contribution in [0.3, 0.4) is 0 Å². The molecule has 0 saturated heterocycles. The first-order valence-corrected chi connectivity index (χ1v) is 7.47. The fraction of sp³-hybridized carbons (Fsp3) is 0.529. The van der Waals surface area contributed by atoms with E-state index in [-0.39, 0.29) is 11.7 Å². The smallest absolute Gasteiger partial charge is 0.316 e. The largest absolute Gasteiger partial charge is 0.496 e. The summed E-state index contributed by atoms with van der Waals surface area (Å²) in [6.45, 7) is 0. The van der Waals surface area contributed by atoms with Gasteiger partial charge < -0.3 is 14.2 Å². The van der Waals surface area contributed by atoms with Crippen molar-refractivity contribution >= 4 is 11.8 Å². The molecule has 0 bridgehead atoms. The zero-order valence-corrected chi connectivity index (χ0v) is 13.3. The van der Waals surface area contributed by atoms with Crippen LogP contribution in [0.1, 0.15) is 36.0 Å². The zero-order valence-electron chi connectivity index (χ0n) is 13.3. The van der Waals surface area contributed by atoms with Crippen molar-refractivity contribution in [3.05, 3.63) is 23.8 Å². The number of hydrogen-bond acceptors (Lipinski definition) is 5. The number of hydrogen-bond donors (Lipinski definition) is 0. The topological polar surface area (TPSA) is 61.8 Å². The van der Waals surface area contributed by atoms with E-state index < -0.39 is 11.9 Å². The second kappa shape index (κ2) is 7.29. The molecule has 1 aromatic carbocycles. The Labute approximate surface area is 130 Å². The third-order valence-electron chi connectivity index (χ3n) is 4.28. The maximum atomic E-state index is 13.0. The first-order chi connectivity index (χ1) is 10.6. The summed E-state index contributed by atoms with van der Waals surface area (Å²) in [5.41, 5.74) is 0.315. The van der Waals surface area contributed by atoms with Gasteiger partial charge in [0.1, 0.15) is 23.0 Å². The van der Waals surface area contributed by atoms with Gasteiger partial charge in [0, 0.05) is 0 Å². The van der Waals surface area contributed by atoms with Gasteiger partial charge in [-0.3, -0.25) is 9.59 Å². The Kier molecular flexibility index (Phi) is 5.41. The molecule has 0 spiro atoms. The van der Waals surface area contributed by atoms with Gasteiger partial charge >= 0.3 is 5.97 Å². The van der Waals surface area contributed by atoms with Crippen LogP contribution in [-0.2, 0) is 9.53 Å². The molecular formula is C17H22O5. The van der Waals surface area contributed by atoms with Crippen LogP contribution < -0.4 is 9.47 Å². The number of ketones is 1. The highest BCUT2D eigenvalue weighted by atomic mass is 16.5. The van der Waals surface area contributed by atoms with Gasteiger partial charge in [-0.05, 0) is 30.9 Å². The van der Waals surface area contributed by atoms with E-state index in [9.17, 15) is 9.59 Å². The van der Waals surface area contributed by atoms with Gasteiger partial charge in [-0.1, -0.05) is 18.9 Å². The van der Waals surface area contributed by atoms with E-state index in [0.29, 0.717) is 17.1 Å². The highest BCUT2D eigenvalue weighted by Crippen LogP contribution is 2.38. The molecule has 0 heterocycles. The molecule has 0 aromatic heterocycles. The molecule has 1 fully saturated rings. The van der Waals surface area contributed by atoms with E-state index >= 15 is 0 Å². The Morgan fingerprint density at radius 3 is 2.05 bits per heavy atom. The molecule has 1 unspecified atom stereocenters. The summed E-state index contributed by atoms with van der Waals surface area (Å²) in [5, 5.41) is 0. The Balaban J connectivity index is 2.44. The van der Waals surface area contributed by atoms with Crippen molar-refractivity contribution in [1.82, 2.24) is 0 Å². The van der Waals surface area contributed by atoms with Crippen molar-refractivity contribution < 1.29 is 23.8 Å². The number of benzene rings is 1. The fourth-order valence-corrected chi connectivity index (χ4v) is 3.18. The minimum atomic E-state index is -0.794. The number of methoxy groups -OCH3 is 3.